The molecule has 7 N–H and O–H groups in total. The summed E-state index contributed by atoms with van der Waals surface area (Å²) in [7, 11) is 0. The minimum absolute atomic E-state index is 0.0161. The molecule has 2 aliphatic carbocycles. The van der Waals surface area contributed by atoms with Crippen LogP contribution < -0.4 is 5.32 Å². The van der Waals surface area contributed by atoms with E-state index in [-0.39, 0.29) is 30.2 Å². The Kier molecular flexibility index (Phi) is 17.3. The van der Waals surface area contributed by atoms with Crippen LogP contribution in [0, 0.1) is 30.1 Å². The van der Waals surface area contributed by atoms with E-state index in [9.17, 15) is 45.0 Å². The van der Waals surface area contributed by atoms with E-state index < -0.39 is 110 Å². The maximum Gasteiger partial charge on any atom is 0.338 e. The summed E-state index contributed by atoms with van der Waals surface area (Å²) in [6, 6.07) is 7.99. The fraction of sp³-hybridized carbons (Fsp3) is 0.738. The van der Waals surface area contributed by atoms with Gasteiger partial charge in [-0.3, -0.25) is 4.79 Å². The van der Waals surface area contributed by atoms with Gasteiger partial charge in [0.2, 0.25) is 5.91 Å². The number of carboxylic acid groups (broad SMARTS) is 1. The highest BCUT2D eigenvalue weighted by atomic mass is 16.7. The highest BCUT2D eigenvalue weighted by molar-refractivity contribution is 5.89. The maximum absolute atomic E-state index is 13.7. The summed E-state index contributed by atoms with van der Waals surface area (Å²) in [5.74, 6) is -0.832. The monoisotopic (exact) mass is 819 g/mol. The van der Waals surface area contributed by atoms with Crippen LogP contribution in [-0.4, -0.2) is 141 Å². The van der Waals surface area contributed by atoms with Gasteiger partial charge in [-0.05, 0) is 56.6 Å². The maximum atomic E-state index is 13.7. The molecule has 0 aromatic heterocycles. The summed E-state index contributed by atoms with van der Waals surface area (Å²) < 4.78 is 37.3. The second-order valence-electron chi connectivity index (χ2n) is 16.0. The van der Waals surface area contributed by atoms with Crippen LogP contribution in [0.15, 0.2) is 30.3 Å². The predicted molar refractivity (Wildman–Crippen MR) is 205 cm³/mol. The molecule has 2 aliphatic heterocycles. The second-order valence-corrected chi connectivity index (χ2v) is 16.0. The predicted octanol–water partition coefficient (Wildman–Crippen LogP) is 1.66. The molecular formula is C42H61NO15. The Morgan fingerprint density at radius 2 is 1.64 bits per heavy atom. The van der Waals surface area contributed by atoms with Gasteiger partial charge in [-0.1, -0.05) is 63.6 Å². The van der Waals surface area contributed by atoms with Gasteiger partial charge in [0.05, 0.1) is 30.5 Å². The van der Waals surface area contributed by atoms with E-state index >= 15 is 0 Å². The lowest BCUT2D eigenvalue weighted by Gasteiger charge is -2.48. The van der Waals surface area contributed by atoms with Crippen LogP contribution in [-0.2, 0) is 38.0 Å². The number of carboxylic acids is 1. The first-order valence-corrected chi connectivity index (χ1v) is 20.7. The van der Waals surface area contributed by atoms with Crippen molar-refractivity contribution >= 4 is 17.8 Å². The first-order valence-electron chi connectivity index (χ1n) is 20.7. The molecule has 324 valence electrons. The van der Waals surface area contributed by atoms with Crippen molar-refractivity contribution in [3.8, 4) is 12.3 Å². The van der Waals surface area contributed by atoms with Gasteiger partial charge < -0.3 is 64.4 Å². The topological polar surface area (TPSA) is 240 Å². The molecule has 58 heavy (non-hydrogen) atoms. The minimum Gasteiger partial charge on any atom is -0.479 e. The number of rotatable bonds is 17. The number of nitrogens with one attached hydrogen (secondary N) is 1. The first-order chi connectivity index (χ1) is 27.9. The van der Waals surface area contributed by atoms with Gasteiger partial charge in [0.25, 0.3) is 0 Å². The van der Waals surface area contributed by atoms with E-state index in [1.54, 1.807) is 18.2 Å². The average Bonchev–Trinajstić information content (AvgIpc) is 3.23. The van der Waals surface area contributed by atoms with Gasteiger partial charge in [0.1, 0.15) is 36.6 Å². The quantitative estimate of drug-likeness (QED) is 0.0672. The van der Waals surface area contributed by atoms with Gasteiger partial charge in [0, 0.05) is 18.9 Å². The Labute approximate surface area is 339 Å². The lowest BCUT2D eigenvalue weighted by molar-refractivity contribution is -0.349. The molecule has 16 heteroatoms. The largest absolute Gasteiger partial charge is 0.479 e. The number of aliphatic hydroxyl groups is 5. The number of terminal acetylenes is 1. The standard InChI is InChI=1S/C42H61NO15/c1-4-6-13-18-43-38(49)27-20-25(5-2)35(58-41-34(48)33(47)31(45)23(3)53-41)28(21-27)55-42-37(57-40(52)26-16-11-8-12-17-26)36(32(46)30(22-44)56-42)54-29(39(50)51)19-24-14-9-7-10-15-24/h1,8,11-12,16-17,23-25,27-37,41-42,44-48H,5-7,9-10,13-15,18-22H2,2-3H3,(H,43,49)(H,50,51)/t23?,25?,27?,28-,29+,30?,31-,32+,33?,34?,35?,36?,37?,41+,42-/m1/s1. The lowest BCUT2D eigenvalue weighted by atomic mass is 9.75. The molecule has 4 fully saturated rings. The number of aliphatic hydroxyl groups excluding tert-OH is 5. The van der Waals surface area contributed by atoms with E-state index in [0.29, 0.717) is 32.2 Å². The summed E-state index contributed by atoms with van der Waals surface area (Å²) in [5.41, 5.74) is 0.139. The molecule has 2 heterocycles. The molecule has 4 aliphatic rings. The fourth-order valence-electron chi connectivity index (χ4n) is 8.59. The molecule has 0 spiro atoms. The van der Waals surface area contributed by atoms with Crippen LogP contribution in [0.4, 0.5) is 0 Å². The van der Waals surface area contributed by atoms with Crippen LogP contribution in [0.2, 0.25) is 0 Å². The van der Waals surface area contributed by atoms with Crippen molar-refractivity contribution in [1.82, 2.24) is 5.32 Å². The van der Waals surface area contributed by atoms with E-state index in [0.717, 1.165) is 32.1 Å². The third-order valence-corrected chi connectivity index (χ3v) is 12.0. The highest BCUT2D eigenvalue weighted by Crippen LogP contribution is 2.40. The number of unbranched alkanes of at least 4 members (excludes halogenated alkanes) is 1. The summed E-state index contributed by atoms with van der Waals surface area (Å²) in [6.07, 6.45) is -6.30. The molecule has 2 saturated heterocycles. The van der Waals surface area contributed by atoms with Crippen molar-refractivity contribution in [3.63, 3.8) is 0 Å². The summed E-state index contributed by atoms with van der Waals surface area (Å²) in [4.78, 5) is 40.0. The Morgan fingerprint density at radius 1 is 0.914 bits per heavy atom. The number of amides is 1. The molecule has 1 aromatic rings. The average molecular weight is 820 g/mol. The van der Waals surface area contributed by atoms with E-state index in [4.69, 9.17) is 34.8 Å². The summed E-state index contributed by atoms with van der Waals surface area (Å²) in [6.45, 7) is 2.99. The van der Waals surface area contributed by atoms with E-state index in [2.05, 4.69) is 11.2 Å². The molecule has 5 rings (SSSR count). The number of ether oxygens (including phenoxy) is 6. The van der Waals surface area contributed by atoms with Crippen molar-refractivity contribution in [2.75, 3.05) is 13.2 Å². The number of carbonyl (C=O) groups excluding carboxylic acids is 2. The molecule has 1 amide bonds. The number of carbonyl (C=O) groups is 3. The van der Waals surface area contributed by atoms with Gasteiger partial charge in [0.15, 0.2) is 24.8 Å². The van der Waals surface area contributed by atoms with Crippen LogP contribution in [0.5, 0.6) is 0 Å². The second kappa shape index (κ2) is 21.9. The van der Waals surface area contributed by atoms with Gasteiger partial charge in [-0.2, -0.15) is 0 Å². The van der Waals surface area contributed by atoms with Crippen molar-refractivity contribution in [2.45, 2.75) is 164 Å². The van der Waals surface area contributed by atoms with E-state index in [1.165, 1.54) is 19.1 Å². The molecule has 15 atom stereocenters. The van der Waals surface area contributed by atoms with Crippen molar-refractivity contribution < 1.29 is 73.4 Å². The number of hydrogen-bond acceptors (Lipinski definition) is 14. The highest BCUT2D eigenvalue weighted by Gasteiger charge is 2.54. The molecule has 0 bridgehead atoms. The molecule has 0 radical (unpaired) electrons. The number of hydrogen-bond donors (Lipinski definition) is 7. The zero-order valence-corrected chi connectivity index (χ0v) is 33.3. The van der Waals surface area contributed by atoms with Crippen LogP contribution in [0.25, 0.3) is 0 Å². The fourth-order valence-corrected chi connectivity index (χ4v) is 8.59. The van der Waals surface area contributed by atoms with Crippen LogP contribution in [0.1, 0.15) is 94.8 Å². The number of aliphatic carboxylic acids is 1. The Bertz CT molecular complexity index is 1500. The Morgan fingerprint density at radius 3 is 2.29 bits per heavy atom. The van der Waals surface area contributed by atoms with Crippen LogP contribution in [0.3, 0.4) is 0 Å². The van der Waals surface area contributed by atoms with Gasteiger partial charge >= 0.3 is 11.9 Å². The molecule has 1 aromatic carbocycles. The third kappa shape index (κ3) is 11.5. The zero-order valence-electron chi connectivity index (χ0n) is 33.3. The van der Waals surface area contributed by atoms with Gasteiger partial charge in [-0.15, -0.1) is 12.3 Å². The molecule has 9 unspecified atom stereocenters. The molecular weight excluding hydrogens is 758 g/mol. The van der Waals surface area contributed by atoms with Gasteiger partial charge in [-0.25, -0.2) is 9.59 Å². The Hall–Kier alpha value is -3.21. The number of esters is 1. The van der Waals surface area contributed by atoms with Crippen LogP contribution >= 0.6 is 0 Å². The normalized spacial score (nSPS) is 36.3. The zero-order chi connectivity index (χ0) is 41.9. The Balaban J connectivity index is 1.50. The SMILES string of the molecule is C#CCCCNC(=O)C1CC(CC)C(O[C@@H]2OC(C)[C@@H](O)C(O)C2O)[C@H](O[C@@H]2OC(CO)[C@H](O)C(O[C@@H](CC3CCCCC3)C(=O)O)C2OC(=O)c2ccccc2)C1. The third-order valence-electron chi connectivity index (χ3n) is 12.0. The summed E-state index contributed by atoms with van der Waals surface area (Å²) >= 11 is 0. The smallest absolute Gasteiger partial charge is 0.338 e. The lowest BCUT2D eigenvalue weighted by Crippen LogP contribution is -2.64. The summed E-state index contributed by atoms with van der Waals surface area (Å²) in [5, 5.41) is 67.2. The van der Waals surface area contributed by atoms with Crippen molar-refractivity contribution in [1.29, 1.82) is 0 Å². The van der Waals surface area contributed by atoms with Crippen molar-refractivity contribution in [3.05, 3.63) is 35.9 Å². The van der Waals surface area contributed by atoms with Crippen molar-refractivity contribution in [2.24, 2.45) is 17.8 Å². The first kappa shape index (κ1) is 45.9. The van der Waals surface area contributed by atoms with E-state index in [1.807, 2.05) is 6.92 Å². The minimum atomic E-state index is -1.67. The number of benzene rings is 1. The molecule has 2 saturated carbocycles. The molecule has 16 nitrogen and oxygen atoms in total.